The third-order valence-corrected chi connectivity index (χ3v) is 4.59. The summed E-state index contributed by atoms with van der Waals surface area (Å²) in [6.45, 7) is 2.68. The first-order valence-corrected chi connectivity index (χ1v) is 9.23. The molecule has 5 nitrogen and oxygen atoms in total. The van der Waals surface area contributed by atoms with Crippen molar-refractivity contribution in [3.05, 3.63) is 15.0 Å². The molecule has 1 rings (SSSR count). The maximum Gasteiger partial charge on any atom is 0.302 e. The van der Waals surface area contributed by atoms with Crippen LogP contribution in [0.3, 0.4) is 0 Å². The molecule has 7 heteroatoms. The number of esters is 1. The third-order valence-electron chi connectivity index (χ3n) is 3.11. The molecule has 1 amide bonds. The van der Waals surface area contributed by atoms with Crippen LogP contribution in [-0.4, -0.2) is 30.0 Å². The van der Waals surface area contributed by atoms with Crippen molar-refractivity contribution in [2.45, 2.75) is 51.9 Å². The highest BCUT2D eigenvalue weighted by molar-refractivity contribution is 9.11. The molecule has 22 heavy (non-hydrogen) atoms. The number of nitrogens with one attached hydrogen (secondary N) is 1. The van der Waals surface area contributed by atoms with Crippen LogP contribution in [0.2, 0.25) is 0 Å². The molecule has 1 N–H and O–H groups in total. The molecule has 1 aromatic rings. The molecule has 124 valence electrons. The minimum absolute atomic E-state index is 0.0475. The van der Waals surface area contributed by atoms with E-state index < -0.39 is 0 Å². The van der Waals surface area contributed by atoms with Crippen molar-refractivity contribution in [2.24, 2.45) is 0 Å². The molecule has 0 bridgehead atoms. The number of amides is 1. The Labute approximate surface area is 144 Å². The largest absolute Gasteiger partial charge is 0.466 e. The second kappa shape index (κ2) is 11.6. The summed E-state index contributed by atoms with van der Waals surface area (Å²) in [5, 5.41) is 2.90. The maximum atomic E-state index is 11.7. The van der Waals surface area contributed by atoms with Crippen LogP contribution in [0.4, 0.5) is 0 Å². The first-order chi connectivity index (χ1) is 10.6. The van der Waals surface area contributed by atoms with E-state index in [9.17, 15) is 9.59 Å². The second-order valence-electron chi connectivity index (χ2n) is 5.05. The summed E-state index contributed by atoms with van der Waals surface area (Å²) in [7, 11) is 0. The fourth-order valence-electron chi connectivity index (χ4n) is 1.97. The molecule has 0 aromatic carbocycles. The maximum absolute atomic E-state index is 11.7. The van der Waals surface area contributed by atoms with Crippen LogP contribution in [-0.2, 0) is 9.53 Å². The van der Waals surface area contributed by atoms with Gasteiger partial charge in [-0.2, -0.15) is 0 Å². The molecule has 0 fully saturated rings. The minimum atomic E-state index is -0.201. The summed E-state index contributed by atoms with van der Waals surface area (Å²) in [5.74, 6) is -0.249. The molecule has 0 aliphatic carbocycles. The molecular weight excluding hydrogens is 368 g/mol. The average Bonchev–Trinajstić information content (AvgIpc) is 2.91. The zero-order valence-corrected chi connectivity index (χ0v) is 15.3. The number of halogens is 1. The fourth-order valence-corrected chi connectivity index (χ4v) is 3.16. The van der Waals surface area contributed by atoms with Crippen molar-refractivity contribution in [3.63, 3.8) is 0 Å². The van der Waals surface area contributed by atoms with Gasteiger partial charge in [0, 0.05) is 13.5 Å². The highest BCUT2D eigenvalue weighted by Crippen LogP contribution is 2.18. The Morgan fingerprint density at radius 1 is 1.18 bits per heavy atom. The van der Waals surface area contributed by atoms with Crippen molar-refractivity contribution >= 4 is 39.1 Å². The number of ether oxygens (including phenoxy) is 1. The van der Waals surface area contributed by atoms with Gasteiger partial charge in [-0.05, 0) is 28.8 Å². The van der Waals surface area contributed by atoms with Gasteiger partial charge in [-0.25, -0.2) is 4.98 Å². The minimum Gasteiger partial charge on any atom is -0.466 e. The standard InChI is InChI=1S/C15H23BrN2O3S/c1-12(19)21-10-8-6-4-2-3-5-7-9-17-14(20)13-11-18-15(16)22-13/h11H,2-10H2,1H3,(H,17,20). The number of unbranched alkanes of at least 4 members (excludes halogenated alkanes) is 6. The zero-order valence-electron chi connectivity index (χ0n) is 12.9. The van der Waals surface area contributed by atoms with Crippen LogP contribution in [0.25, 0.3) is 0 Å². The topological polar surface area (TPSA) is 68.3 Å². The lowest BCUT2D eigenvalue weighted by atomic mass is 10.1. The van der Waals surface area contributed by atoms with E-state index in [-0.39, 0.29) is 11.9 Å². The average molecular weight is 391 g/mol. The van der Waals surface area contributed by atoms with Crippen LogP contribution in [0.1, 0.15) is 61.5 Å². The zero-order chi connectivity index (χ0) is 16.2. The molecule has 0 atom stereocenters. The van der Waals surface area contributed by atoms with Crippen molar-refractivity contribution in [1.82, 2.24) is 10.3 Å². The van der Waals surface area contributed by atoms with E-state index in [1.54, 1.807) is 6.20 Å². The van der Waals surface area contributed by atoms with E-state index in [4.69, 9.17) is 4.74 Å². The van der Waals surface area contributed by atoms with Crippen LogP contribution < -0.4 is 5.32 Å². The Balaban J connectivity index is 1.87. The predicted octanol–water partition coefficient (Wildman–Crippen LogP) is 3.93. The van der Waals surface area contributed by atoms with Crippen LogP contribution in [0, 0.1) is 0 Å². The SMILES string of the molecule is CC(=O)OCCCCCCCCCNC(=O)c1cnc(Br)s1. The predicted molar refractivity (Wildman–Crippen MR) is 91.1 cm³/mol. The van der Waals surface area contributed by atoms with Crippen molar-refractivity contribution in [2.75, 3.05) is 13.2 Å². The molecule has 1 heterocycles. The number of hydrogen-bond acceptors (Lipinski definition) is 5. The molecule has 0 radical (unpaired) electrons. The summed E-state index contributed by atoms with van der Waals surface area (Å²) in [6, 6.07) is 0. The van der Waals surface area contributed by atoms with Gasteiger partial charge in [0.05, 0.1) is 12.8 Å². The lowest BCUT2D eigenvalue weighted by molar-refractivity contribution is -0.141. The smallest absolute Gasteiger partial charge is 0.302 e. The van der Waals surface area contributed by atoms with Gasteiger partial charge in [-0.15, -0.1) is 11.3 Å². The van der Waals surface area contributed by atoms with Crippen LogP contribution in [0.5, 0.6) is 0 Å². The van der Waals surface area contributed by atoms with Crippen molar-refractivity contribution in [1.29, 1.82) is 0 Å². The normalized spacial score (nSPS) is 10.5. The van der Waals surface area contributed by atoms with Gasteiger partial charge in [-0.3, -0.25) is 9.59 Å². The molecule has 1 aromatic heterocycles. The van der Waals surface area contributed by atoms with Crippen LogP contribution >= 0.6 is 27.3 Å². The molecular formula is C15H23BrN2O3S. The monoisotopic (exact) mass is 390 g/mol. The van der Waals surface area contributed by atoms with E-state index in [2.05, 4.69) is 26.2 Å². The summed E-state index contributed by atoms with van der Waals surface area (Å²) >= 11 is 4.58. The van der Waals surface area contributed by atoms with Gasteiger partial charge in [-0.1, -0.05) is 32.1 Å². The molecule has 0 saturated carbocycles. The number of carbonyl (C=O) groups is 2. The van der Waals surface area contributed by atoms with E-state index in [0.29, 0.717) is 18.0 Å². The van der Waals surface area contributed by atoms with Gasteiger partial charge >= 0.3 is 5.97 Å². The molecule has 0 saturated heterocycles. The van der Waals surface area contributed by atoms with Gasteiger partial charge in [0.2, 0.25) is 0 Å². The highest BCUT2D eigenvalue weighted by Gasteiger charge is 2.08. The quantitative estimate of drug-likeness (QED) is 0.459. The van der Waals surface area contributed by atoms with E-state index in [1.807, 2.05) is 0 Å². The van der Waals surface area contributed by atoms with E-state index in [1.165, 1.54) is 37.5 Å². The Morgan fingerprint density at radius 2 is 1.82 bits per heavy atom. The summed E-state index contributed by atoms with van der Waals surface area (Å²) in [4.78, 5) is 26.9. The van der Waals surface area contributed by atoms with E-state index >= 15 is 0 Å². The van der Waals surface area contributed by atoms with Gasteiger partial charge in [0.25, 0.3) is 5.91 Å². The summed E-state index contributed by atoms with van der Waals surface area (Å²) in [6.07, 6.45) is 9.29. The van der Waals surface area contributed by atoms with Crippen molar-refractivity contribution in [3.8, 4) is 0 Å². The molecule has 0 spiro atoms. The lowest BCUT2D eigenvalue weighted by Gasteiger charge is -2.04. The number of carbonyl (C=O) groups excluding carboxylic acids is 2. The Hall–Kier alpha value is -0.950. The first kappa shape index (κ1) is 19.1. The highest BCUT2D eigenvalue weighted by atomic mass is 79.9. The fraction of sp³-hybridized carbons (Fsp3) is 0.667. The van der Waals surface area contributed by atoms with Gasteiger partial charge in [0.1, 0.15) is 4.88 Å². The Bertz CT molecular complexity index is 465. The molecule has 0 aliphatic heterocycles. The Kier molecular flexibility index (Phi) is 10.1. The number of aromatic nitrogens is 1. The Morgan fingerprint density at radius 3 is 2.41 bits per heavy atom. The molecule has 0 aliphatic rings. The summed E-state index contributed by atoms with van der Waals surface area (Å²) in [5.41, 5.74) is 0. The number of thiazole rings is 1. The first-order valence-electron chi connectivity index (χ1n) is 7.62. The van der Waals surface area contributed by atoms with Gasteiger partial charge < -0.3 is 10.1 Å². The van der Waals surface area contributed by atoms with Crippen molar-refractivity contribution < 1.29 is 14.3 Å². The summed E-state index contributed by atoms with van der Waals surface area (Å²) < 4.78 is 5.60. The number of hydrogen-bond donors (Lipinski definition) is 1. The van der Waals surface area contributed by atoms with E-state index in [0.717, 1.165) is 29.6 Å². The third kappa shape index (κ3) is 9.15. The second-order valence-corrected chi connectivity index (χ2v) is 7.35. The number of nitrogens with zero attached hydrogens (tertiary/aromatic N) is 1. The lowest BCUT2D eigenvalue weighted by Crippen LogP contribution is -2.23. The molecule has 0 unspecified atom stereocenters. The van der Waals surface area contributed by atoms with Gasteiger partial charge in [0.15, 0.2) is 3.92 Å². The number of rotatable bonds is 11. The van der Waals surface area contributed by atoms with Crippen LogP contribution in [0.15, 0.2) is 10.1 Å².